The lowest BCUT2D eigenvalue weighted by Gasteiger charge is -2.41. The Balaban J connectivity index is 0.996. The molecule has 14 heteroatoms. The number of rotatable bonds is 16. The topological polar surface area (TPSA) is 158 Å². The maximum absolute atomic E-state index is 13.8. The molecule has 322 valence electrons. The van der Waals surface area contributed by atoms with Gasteiger partial charge in [0.25, 0.3) is 0 Å². The summed E-state index contributed by atoms with van der Waals surface area (Å²) in [5.74, 6) is 0.0784. The molecule has 0 bridgehead atoms. The number of hydrogen-bond donors (Lipinski definition) is 3. The minimum Gasteiger partial charge on any atom is -0.392 e. The van der Waals surface area contributed by atoms with Crippen LogP contribution >= 0.6 is 11.8 Å². The van der Waals surface area contributed by atoms with Gasteiger partial charge in [-0.15, -0.1) is 5.10 Å². The first kappa shape index (κ1) is 43.6. The molecular formula is C49H48N6O6S2. The highest BCUT2D eigenvalue weighted by molar-refractivity contribution is 7.99. The molecule has 5 atom stereocenters. The van der Waals surface area contributed by atoms with E-state index in [1.54, 1.807) is 16.8 Å². The van der Waals surface area contributed by atoms with E-state index in [0.717, 1.165) is 50.2 Å². The van der Waals surface area contributed by atoms with Crippen molar-refractivity contribution < 1.29 is 27.8 Å². The summed E-state index contributed by atoms with van der Waals surface area (Å²) in [6.07, 6.45) is -1.09. The van der Waals surface area contributed by atoms with Crippen molar-refractivity contribution in [3.8, 4) is 16.8 Å². The smallest absolute Gasteiger partial charge is 0.241 e. The van der Waals surface area contributed by atoms with Crippen LogP contribution in [0.4, 0.5) is 0 Å². The maximum Gasteiger partial charge on any atom is 0.241 e. The van der Waals surface area contributed by atoms with Crippen molar-refractivity contribution in [3.63, 3.8) is 0 Å². The number of carbonyl (C=O) groups excluding carboxylic acids is 1. The van der Waals surface area contributed by atoms with E-state index in [1.165, 1.54) is 23.9 Å². The predicted molar refractivity (Wildman–Crippen MR) is 242 cm³/mol. The van der Waals surface area contributed by atoms with Crippen molar-refractivity contribution in [1.82, 2.24) is 30.2 Å². The Morgan fingerprint density at radius 2 is 1.46 bits per heavy atom. The van der Waals surface area contributed by atoms with Crippen LogP contribution in [0.1, 0.15) is 52.7 Å². The Morgan fingerprint density at radius 1 is 0.778 bits per heavy atom. The molecule has 0 radical (unpaired) electrons. The molecule has 1 saturated heterocycles. The second kappa shape index (κ2) is 20.0. The Hall–Kier alpha value is -6.00. The van der Waals surface area contributed by atoms with Crippen LogP contribution in [0.25, 0.3) is 16.8 Å². The summed E-state index contributed by atoms with van der Waals surface area (Å²) in [6, 6.07) is 48.3. The summed E-state index contributed by atoms with van der Waals surface area (Å²) in [6.45, 7) is 4.14. The number of aliphatic hydroxyl groups excluding tert-OH is 1. The third kappa shape index (κ3) is 10.8. The molecule has 3 N–H and O–H groups in total. The number of benzene rings is 6. The first-order chi connectivity index (χ1) is 30.6. The number of aromatic nitrogens is 4. The third-order valence-corrected chi connectivity index (χ3v) is 13.6. The number of aliphatic hydroxyl groups is 1. The van der Waals surface area contributed by atoms with E-state index in [4.69, 9.17) is 9.47 Å². The predicted octanol–water partition coefficient (Wildman–Crippen LogP) is 7.92. The van der Waals surface area contributed by atoms with Crippen molar-refractivity contribution in [3.05, 3.63) is 191 Å². The second-order valence-corrected chi connectivity index (χ2v) is 18.3. The molecule has 1 amide bonds. The standard InChI is InChI=1S/C49H48N6O6S2/c1-33-19-25-43(26-20-33)63(58,59)52-44(28-35-11-5-3-6-12-35)47(57)50-30-37-13-9-14-39(27-37)40-15-10-16-41(29-40)48-60-45(34(2)46(61-48)38-23-21-36(31-56)22-24-38)32-62-49-51-53-54-55(49)42-17-7-4-8-18-42/h3-27,29,34,44-46,48,52,56H,28,30-32H2,1-2H3,(H,50,57). The van der Waals surface area contributed by atoms with Gasteiger partial charge in [-0.3, -0.25) is 4.79 Å². The van der Waals surface area contributed by atoms with Gasteiger partial charge in [0.05, 0.1) is 29.4 Å². The molecule has 12 nitrogen and oxygen atoms in total. The van der Waals surface area contributed by atoms with Crippen LogP contribution < -0.4 is 10.0 Å². The van der Waals surface area contributed by atoms with Gasteiger partial charge in [-0.25, -0.2) is 8.42 Å². The molecule has 1 fully saturated rings. The lowest BCUT2D eigenvalue weighted by atomic mass is 9.91. The summed E-state index contributed by atoms with van der Waals surface area (Å²) >= 11 is 1.52. The van der Waals surface area contributed by atoms with Crippen molar-refractivity contribution in [2.45, 2.75) is 68.0 Å². The highest BCUT2D eigenvalue weighted by atomic mass is 32.2. The van der Waals surface area contributed by atoms with Crippen LogP contribution in [-0.4, -0.2) is 57.5 Å². The molecule has 7 aromatic rings. The van der Waals surface area contributed by atoms with E-state index >= 15 is 0 Å². The number of nitrogens with zero attached hydrogens (tertiary/aromatic N) is 4. The number of hydrogen-bond acceptors (Lipinski definition) is 10. The zero-order valence-electron chi connectivity index (χ0n) is 34.8. The van der Waals surface area contributed by atoms with Gasteiger partial charge in [0.15, 0.2) is 6.29 Å². The lowest BCUT2D eigenvalue weighted by Crippen LogP contribution is -2.47. The number of amides is 1. The van der Waals surface area contributed by atoms with Gasteiger partial charge in [-0.1, -0.05) is 146 Å². The molecule has 0 spiro atoms. The summed E-state index contributed by atoms with van der Waals surface area (Å²) < 4.78 is 44.8. The average molecular weight is 881 g/mol. The molecule has 1 aromatic heterocycles. The minimum absolute atomic E-state index is 0.0462. The number of tetrazole rings is 1. The molecule has 8 rings (SSSR count). The lowest BCUT2D eigenvalue weighted by molar-refractivity contribution is -0.268. The number of carbonyl (C=O) groups is 1. The van der Waals surface area contributed by atoms with Crippen LogP contribution in [0.15, 0.2) is 168 Å². The van der Waals surface area contributed by atoms with Crippen LogP contribution in [0, 0.1) is 12.8 Å². The Bertz CT molecular complexity index is 2720. The van der Waals surface area contributed by atoms with Crippen LogP contribution in [-0.2, 0) is 43.9 Å². The molecule has 0 aliphatic carbocycles. The molecule has 1 aliphatic rings. The van der Waals surface area contributed by atoms with E-state index in [0.29, 0.717) is 10.9 Å². The molecule has 0 saturated carbocycles. The fraction of sp³-hybridized carbons (Fsp3) is 0.224. The first-order valence-corrected chi connectivity index (χ1v) is 23.2. The largest absolute Gasteiger partial charge is 0.392 e. The van der Waals surface area contributed by atoms with Crippen molar-refractivity contribution >= 4 is 27.7 Å². The van der Waals surface area contributed by atoms with Crippen molar-refractivity contribution in [1.29, 1.82) is 0 Å². The van der Waals surface area contributed by atoms with Crippen molar-refractivity contribution in [2.75, 3.05) is 5.75 Å². The summed E-state index contributed by atoms with van der Waals surface area (Å²) in [4.78, 5) is 13.9. The quantitative estimate of drug-likeness (QED) is 0.0815. The molecular weight excluding hydrogens is 833 g/mol. The maximum atomic E-state index is 13.8. The molecule has 2 heterocycles. The van der Waals surface area contributed by atoms with E-state index < -0.39 is 28.3 Å². The number of para-hydroxylation sites is 1. The summed E-state index contributed by atoms with van der Waals surface area (Å²) in [5, 5.41) is 25.8. The zero-order chi connectivity index (χ0) is 43.8. The van der Waals surface area contributed by atoms with Crippen LogP contribution in [0.2, 0.25) is 0 Å². The van der Waals surface area contributed by atoms with E-state index in [2.05, 4.69) is 38.6 Å². The van der Waals surface area contributed by atoms with E-state index in [1.807, 2.05) is 134 Å². The fourth-order valence-corrected chi connectivity index (χ4v) is 9.76. The van der Waals surface area contributed by atoms with E-state index in [-0.39, 0.29) is 42.6 Å². The van der Waals surface area contributed by atoms with Gasteiger partial charge in [-0.05, 0) is 93.6 Å². The number of ether oxygens (including phenoxy) is 2. The molecule has 5 unspecified atom stereocenters. The summed E-state index contributed by atoms with van der Waals surface area (Å²) in [7, 11) is -3.99. The number of thioether (sulfide) groups is 1. The van der Waals surface area contributed by atoms with E-state index in [9.17, 15) is 18.3 Å². The SMILES string of the molecule is Cc1ccc(S(=O)(=O)NC(Cc2ccccc2)C(=O)NCc2cccc(-c3cccc(C4OC(CSc5nnnn5-c5ccccc5)C(C)C(c5ccc(CO)cc5)O4)c3)c2)cc1. The molecule has 1 aliphatic heterocycles. The van der Waals surface area contributed by atoms with Crippen LogP contribution in [0.5, 0.6) is 0 Å². The van der Waals surface area contributed by atoms with Crippen LogP contribution in [0.3, 0.4) is 0 Å². The first-order valence-electron chi connectivity index (χ1n) is 20.7. The fourth-order valence-electron chi connectivity index (χ4n) is 7.52. The zero-order valence-corrected chi connectivity index (χ0v) is 36.5. The highest BCUT2D eigenvalue weighted by Crippen LogP contribution is 2.43. The number of sulfonamides is 1. The average Bonchev–Trinajstić information content (AvgIpc) is 3.80. The second-order valence-electron chi connectivity index (χ2n) is 15.6. The number of aryl methyl sites for hydroxylation is 1. The van der Waals surface area contributed by atoms with Gasteiger partial charge in [0, 0.05) is 23.8 Å². The highest BCUT2D eigenvalue weighted by Gasteiger charge is 2.39. The van der Waals surface area contributed by atoms with Gasteiger partial charge >= 0.3 is 0 Å². The van der Waals surface area contributed by atoms with Gasteiger partial charge in [0.1, 0.15) is 6.04 Å². The Kier molecular flexibility index (Phi) is 13.9. The number of nitrogens with one attached hydrogen (secondary N) is 2. The third-order valence-electron chi connectivity index (χ3n) is 11.1. The van der Waals surface area contributed by atoms with Gasteiger partial charge < -0.3 is 19.9 Å². The normalized spacial score (nSPS) is 18.1. The van der Waals surface area contributed by atoms with Gasteiger partial charge in [-0.2, -0.15) is 9.40 Å². The monoisotopic (exact) mass is 880 g/mol. The van der Waals surface area contributed by atoms with Gasteiger partial charge in [0.2, 0.25) is 21.1 Å². The minimum atomic E-state index is -3.99. The summed E-state index contributed by atoms with van der Waals surface area (Å²) in [5.41, 5.74) is 7.95. The Morgan fingerprint density at radius 3 is 2.19 bits per heavy atom. The molecule has 6 aromatic carbocycles. The Labute approximate surface area is 371 Å². The molecule has 63 heavy (non-hydrogen) atoms. The van der Waals surface area contributed by atoms with Crippen molar-refractivity contribution in [2.24, 2.45) is 5.92 Å².